The number of aliphatic hydroxyl groups is 11. The van der Waals surface area contributed by atoms with Crippen LogP contribution in [0, 0.1) is 0 Å². The zero-order valence-corrected chi connectivity index (χ0v) is 45.6. The molecule has 0 spiro atoms. The van der Waals surface area contributed by atoms with Gasteiger partial charge in [-0.15, -0.1) is 0 Å². The van der Waals surface area contributed by atoms with Gasteiger partial charge in [-0.05, 0) is 57.8 Å². The number of carbonyl (C=O) groups is 1. The van der Waals surface area contributed by atoms with E-state index in [1.54, 1.807) is 6.08 Å². The Morgan fingerprint density at radius 3 is 1.38 bits per heavy atom. The minimum atomic E-state index is -1.99. The van der Waals surface area contributed by atoms with Crippen LogP contribution in [0.4, 0.5) is 0 Å². The maximum atomic E-state index is 13.2. The molecule has 77 heavy (non-hydrogen) atoms. The van der Waals surface area contributed by atoms with Gasteiger partial charge in [-0.1, -0.05) is 163 Å². The lowest BCUT2D eigenvalue weighted by molar-refractivity contribution is -0.379. The van der Waals surface area contributed by atoms with Crippen molar-refractivity contribution in [3.8, 4) is 0 Å². The third-order valence-corrected chi connectivity index (χ3v) is 13.7. The summed E-state index contributed by atoms with van der Waals surface area (Å²) in [6.07, 6.45) is 21.5. The first-order valence-electron chi connectivity index (χ1n) is 28.3. The van der Waals surface area contributed by atoms with Crippen molar-refractivity contribution >= 4 is 5.91 Å². The minimum absolute atomic E-state index is 0.113. The Bertz CT molecular complexity index is 1740. The zero-order valence-electron chi connectivity index (χ0n) is 45.6. The molecule has 0 radical (unpaired) electrons. The van der Waals surface area contributed by atoms with Crippen LogP contribution < -0.4 is 5.32 Å². The van der Waals surface area contributed by atoms with Crippen LogP contribution in [-0.4, -0.2) is 193 Å². The molecule has 17 unspecified atom stereocenters. The van der Waals surface area contributed by atoms with Crippen LogP contribution in [0.3, 0.4) is 0 Å². The second-order valence-corrected chi connectivity index (χ2v) is 20.0. The van der Waals surface area contributed by atoms with Crippen molar-refractivity contribution in [3.63, 3.8) is 0 Å². The summed E-state index contributed by atoms with van der Waals surface area (Å²) in [5, 5.41) is 120. The topological polar surface area (TPSA) is 307 Å². The number of ether oxygens (including phenoxy) is 6. The van der Waals surface area contributed by atoms with E-state index in [-0.39, 0.29) is 12.3 Å². The summed E-state index contributed by atoms with van der Waals surface area (Å²) in [6.45, 7) is 1.51. The fourth-order valence-electron chi connectivity index (χ4n) is 9.03. The van der Waals surface area contributed by atoms with Crippen molar-refractivity contribution in [2.45, 2.75) is 247 Å². The monoisotopic (exact) mass is 1100 g/mol. The van der Waals surface area contributed by atoms with Gasteiger partial charge in [0.25, 0.3) is 0 Å². The summed E-state index contributed by atoms with van der Waals surface area (Å²) in [5.41, 5.74) is 0. The number of hydrogen-bond donors (Lipinski definition) is 12. The molecule has 3 aliphatic heterocycles. The third-order valence-electron chi connectivity index (χ3n) is 13.7. The number of nitrogens with one attached hydrogen (secondary N) is 1. The standard InChI is InChI=1S/C58H97NO18/c1-3-5-7-9-11-13-15-17-18-19-20-21-22-24-26-28-30-32-34-36-46(64)59-41(42(63)35-33-31-29-27-25-23-16-14-12-10-8-6-4-2)40-72-56-52(70)49(67)54(44(38-61)74-56)77-58-53(71)50(68)55(45(39-62)75-58)76-57-51(69)48(66)47(65)43(37-60)73-57/h5,7,11,13,17-18,20-21,24,26,30,32-33,35,41-45,47-58,60-63,65-71H,3-4,6,8-10,12,14-16,19,22-23,25,27-29,31,34,36-40H2,1-2H3,(H,59,64)/b7-5-,13-11-,18-17-,21-20-,26-24-,32-30-,35-33+. The molecule has 0 aliphatic carbocycles. The highest BCUT2D eigenvalue weighted by atomic mass is 16.8. The molecule has 3 saturated heterocycles. The number of carbonyl (C=O) groups excluding carboxylic acids is 1. The first kappa shape index (κ1) is 68.2. The molecule has 19 nitrogen and oxygen atoms in total. The Hall–Kier alpha value is -3.03. The molecule has 0 aromatic carbocycles. The van der Waals surface area contributed by atoms with E-state index in [0.29, 0.717) is 12.8 Å². The fourth-order valence-corrected chi connectivity index (χ4v) is 9.03. The fraction of sp³-hybridized carbons (Fsp3) is 0.741. The number of rotatable bonds is 39. The summed E-state index contributed by atoms with van der Waals surface area (Å²) < 4.78 is 34.1. The molecule has 17 atom stereocenters. The van der Waals surface area contributed by atoms with Gasteiger partial charge in [-0.25, -0.2) is 0 Å². The van der Waals surface area contributed by atoms with Crippen LogP contribution in [0.5, 0.6) is 0 Å². The Labute approximate surface area is 457 Å². The number of hydrogen-bond acceptors (Lipinski definition) is 18. The number of allylic oxidation sites excluding steroid dienone is 13. The first-order valence-corrected chi connectivity index (χ1v) is 28.3. The highest BCUT2D eigenvalue weighted by molar-refractivity contribution is 5.76. The molecular formula is C58H97NO18. The van der Waals surface area contributed by atoms with Crippen molar-refractivity contribution in [2.75, 3.05) is 26.4 Å². The van der Waals surface area contributed by atoms with Crippen molar-refractivity contribution in [1.82, 2.24) is 5.32 Å². The van der Waals surface area contributed by atoms with Crippen molar-refractivity contribution < 1.29 is 89.4 Å². The predicted molar refractivity (Wildman–Crippen MR) is 291 cm³/mol. The molecule has 0 bridgehead atoms. The molecule has 442 valence electrons. The molecule has 3 fully saturated rings. The summed E-state index contributed by atoms with van der Waals surface area (Å²) in [6, 6.07) is -1.02. The highest BCUT2D eigenvalue weighted by Crippen LogP contribution is 2.33. The molecule has 0 aromatic heterocycles. The van der Waals surface area contributed by atoms with Gasteiger partial charge in [0.1, 0.15) is 73.2 Å². The van der Waals surface area contributed by atoms with Crippen LogP contribution in [0.15, 0.2) is 85.1 Å². The van der Waals surface area contributed by atoms with Crippen molar-refractivity contribution in [1.29, 1.82) is 0 Å². The molecule has 3 heterocycles. The van der Waals surface area contributed by atoms with Crippen LogP contribution in [-0.2, 0) is 33.2 Å². The van der Waals surface area contributed by atoms with Crippen LogP contribution in [0.25, 0.3) is 0 Å². The normalized spacial score (nSPS) is 31.4. The van der Waals surface area contributed by atoms with Crippen LogP contribution in [0.2, 0.25) is 0 Å². The molecule has 3 rings (SSSR count). The lowest BCUT2D eigenvalue weighted by atomic mass is 9.96. The highest BCUT2D eigenvalue weighted by Gasteiger charge is 2.53. The van der Waals surface area contributed by atoms with E-state index in [9.17, 15) is 61.0 Å². The second-order valence-electron chi connectivity index (χ2n) is 20.0. The zero-order chi connectivity index (χ0) is 56.2. The van der Waals surface area contributed by atoms with E-state index in [2.05, 4.69) is 79.9 Å². The van der Waals surface area contributed by atoms with Gasteiger partial charge in [0.05, 0.1) is 38.6 Å². The summed E-state index contributed by atoms with van der Waals surface area (Å²) in [4.78, 5) is 13.2. The molecule has 1 amide bonds. The lowest BCUT2D eigenvalue weighted by Gasteiger charge is -2.48. The average Bonchev–Trinajstić information content (AvgIpc) is 3.42. The van der Waals surface area contributed by atoms with E-state index in [1.807, 2.05) is 18.2 Å². The van der Waals surface area contributed by atoms with Crippen molar-refractivity contribution in [3.05, 3.63) is 85.1 Å². The molecule has 12 N–H and O–H groups in total. The quantitative estimate of drug-likeness (QED) is 0.0305. The molecule has 0 saturated carbocycles. The number of amides is 1. The molecule has 3 aliphatic rings. The second kappa shape index (κ2) is 41.0. The van der Waals surface area contributed by atoms with Gasteiger partial charge in [0.15, 0.2) is 18.9 Å². The minimum Gasteiger partial charge on any atom is -0.394 e. The van der Waals surface area contributed by atoms with Gasteiger partial charge in [-0.2, -0.15) is 0 Å². The van der Waals surface area contributed by atoms with E-state index >= 15 is 0 Å². The Balaban J connectivity index is 1.55. The smallest absolute Gasteiger partial charge is 0.220 e. The molecule has 0 aromatic rings. The summed E-state index contributed by atoms with van der Waals surface area (Å²) >= 11 is 0. The van der Waals surface area contributed by atoms with E-state index < -0.39 is 131 Å². The Morgan fingerprint density at radius 1 is 0.481 bits per heavy atom. The number of unbranched alkanes of at least 4 members (excludes halogenated alkanes) is 11. The maximum Gasteiger partial charge on any atom is 0.220 e. The number of aliphatic hydroxyl groups excluding tert-OH is 11. The van der Waals surface area contributed by atoms with E-state index in [1.165, 1.54) is 51.4 Å². The lowest BCUT2D eigenvalue weighted by Crippen LogP contribution is -2.66. The van der Waals surface area contributed by atoms with Gasteiger partial charge in [0, 0.05) is 6.42 Å². The van der Waals surface area contributed by atoms with Gasteiger partial charge in [-0.3, -0.25) is 4.79 Å². The largest absolute Gasteiger partial charge is 0.394 e. The Morgan fingerprint density at radius 2 is 0.896 bits per heavy atom. The van der Waals surface area contributed by atoms with E-state index in [0.717, 1.165) is 57.8 Å². The maximum absolute atomic E-state index is 13.2. The average molecular weight is 1100 g/mol. The third kappa shape index (κ3) is 25.5. The van der Waals surface area contributed by atoms with Gasteiger partial charge >= 0.3 is 0 Å². The van der Waals surface area contributed by atoms with Gasteiger partial charge in [0.2, 0.25) is 5.91 Å². The first-order chi connectivity index (χ1) is 37.3. The van der Waals surface area contributed by atoms with Crippen molar-refractivity contribution in [2.24, 2.45) is 0 Å². The SMILES string of the molecule is CC/C=C\C/C=C\C/C=C\C/C=C\C/C=C\C/C=C\CCC(=O)NC(COC1OC(CO)C(OC2OC(CO)C(OC3OC(CO)C(O)C(O)C3O)C(O)C2O)C(O)C1O)C(O)/C=C/CCCCCCCCCCCCC. The van der Waals surface area contributed by atoms with E-state index in [4.69, 9.17) is 28.4 Å². The molecule has 19 heteroatoms. The summed E-state index contributed by atoms with van der Waals surface area (Å²) in [7, 11) is 0. The van der Waals surface area contributed by atoms with Crippen LogP contribution >= 0.6 is 0 Å². The molecular weight excluding hydrogens is 999 g/mol. The predicted octanol–water partition coefficient (Wildman–Crippen LogP) is 4.03. The Kier molecular flexibility index (Phi) is 36.4. The van der Waals surface area contributed by atoms with Crippen LogP contribution in [0.1, 0.15) is 142 Å². The summed E-state index contributed by atoms with van der Waals surface area (Å²) in [5.74, 6) is -0.363. The van der Waals surface area contributed by atoms with Gasteiger partial charge < -0.3 is 89.9 Å².